The van der Waals surface area contributed by atoms with Crippen LogP contribution < -0.4 is 5.32 Å². The van der Waals surface area contributed by atoms with Crippen molar-refractivity contribution in [2.75, 3.05) is 40.8 Å². The molecule has 1 heterocycles. The first-order chi connectivity index (χ1) is 9.04. The molecule has 0 aromatic carbocycles. The van der Waals surface area contributed by atoms with Crippen molar-refractivity contribution < 1.29 is 6.22 Å². The topological polar surface area (TPSA) is 35.6 Å². The van der Waals surface area contributed by atoms with Crippen molar-refractivity contribution in [3.8, 4) is 0 Å². The summed E-state index contributed by atoms with van der Waals surface area (Å²) in [7, 11) is 6.23. The number of piperidine rings is 1. The molecule has 1 atom stereocenters. The van der Waals surface area contributed by atoms with Crippen LogP contribution in [-0.2, 0) is 4.79 Å². The molecule has 1 aliphatic heterocycles. The summed E-state index contributed by atoms with van der Waals surface area (Å²) in [5.41, 5.74) is 0. The Morgan fingerprint density at radius 2 is 2.00 bits per heavy atom. The van der Waals surface area contributed by atoms with Gasteiger partial charge in [-0.2, -0.15) is 0 Å². The van der Waals surface area contributed by atoms with Crippen LogP contribution in [0.1, 0.15) is 40.5 Å². The molecule has 0 unspecified atom stereocenters. The number of likely N-dealkylation sites (N-methyl/N-ethyl adjacent to an activating group) is 1. The van der Waals surface area contributed by atoms with Gasteiger partial charge in [0.25, 0.3) is 0 Å². The van der Waals surface area contributed by atoms with Crippen molar-refractivity contribution in [3.05, 3.63) is 0 Å². The van der Waals surface area contributed by atoms with E-state index in [-0.39, 0.29) is 13.3 Å². The van der Waals surface area contributed by atoms with Gasteiger partial charge in [-0.25, -0.2) is 0 Å². The molecule has 1 rings (SSSR count). The van der Waals surface area contributed by atoms with Gasteiger partial charge in [-0.1, -0.05) is 6.42 Å². The number of unbranched alkanes of at least 4 members (excludes halogenated alkanes) is 1. The maximum absolute atomic E-state index is 11.3. The first kappa shape index (κ1) is 16.6. The standard InChI is InChI=1S/C15H31N3O.H2/c1-13(19)15(16-2)7-5-6-10-18-11-8-14(9-12-18)17(3)4;/h14-16H,5-12H2,1-4H3;1H/t15-;/m0./s1. The van der Waals surface area contributed by atoms with Gasteiger partial charge in [0.1, 0.15) is 5.78 Å². The van der Waals surface area contributed by atoms with Crippen LogP contribution in [0.4, 0.5) is 0 Å². The second kappa shape index (κ2) is 8.67. The molecule has 0 saturated carbocycles. The quantitative estimate of drug-likeness (QED) is 0.680. The SMILES string of the molecule is CN[C@@H](CCCCN1CCC(N(C)C)CC1)C(C)=O.[HH]. The third kappa shape index (κ3) is 6.02. The van der Waals surface area contributed by atoms with E-state index in [9.17, 15) is 4.79 Å². The fourth-order valence-electron chi connectivity index (χ4n) is 2.89. The first-order valence-electron chi connectivity index (χ1n) is 7.61. The van der Waals surface area contributed by atoms with Crippen LogP contribution in [0.15, 0.2) is 0 Å². The molecule has 19 heavy (non-hydrogen) atoms. The fourth-order valence-corrected chi connectivity index (χ4v) is 2.89. The molecule has 1 fully saturated rings. The zero-order valence-corrected chi connectivity index (χ0v) is 13.1. The molecule has 1 saturated heterocycles. The molecule has 0 aliphatic carbocycles. The lowest BCUT2D eigenvalue weighted by molar-refractivity contribution is -0.119. The van der Waals surface area contributed by atoms with Crippen LogP contribution in [0.5, 0.6) is 0 Å². The summed E-state index contributed by atoms with van der Waals surface area (Å²) in [6.07, 6.45) is 5.90. The Morgan fingerprint density at radius 1 is 1.37 bits per heavy atom. The number of nitrogens with one attached hydrogen (secondary N) is 1. The molecule has 0 spiro atoms. The number of rotatable bonds is 8. The van der Waals surface area contributed by atoms with E-state index in [1.54, 1.807) is 6.92 Å². The maximum Gasteiger partial charge on any atom is 0.146 e. The second-order valence-corrected chi connectivity index (χ2v) is 5.98. The van der Waals surface area contributed by atoms with Gasteiger partial charge in [0.2, 0.25) is 0 Å². The van der Waals surface area contributed by atoms with Gasteiger partial charge >= 0.3 is 0 Å². The molecule has 4 heteroatoms. The minimum atomic E-state index is 0. The Morgan fingerprint density at radius 3 is 2.47 bits per heavy atom. The molecular weight excluding hydrogens is 238 g/mol. The number of likely N-dealkylation sites (tertiary alicyclic amines) is 1. The number of Topliss-reactive ketones (excluding diaryl/α,β-unsaturated/α-hetero) is 1. The Hall–Kier alpha value is -0.450. The van der Waals surface area contributed by atoms with Gasteiger partial charge in [-0.05, 0) is 73.4 Å². The van der Waals surface area contributed by atoms with Crippen LogP contribution in [0, 0.1) is 0 Å². The van der Waals surface area contributed by atoms with Gasteiger partial charge in [0.05, 0.1) is 6.04 Å². The number of nitrogens with zero attached hydrogens (tertiary/aromatic N) is 2. The van der Waals surface area contributed by atoms with Crippen molar-refractivity contribution in [2.45, 2.75) is 51.1 Å². The van der Waals surface area contributed by atoms with Crippen molar-refractivity contribution in [1.82, 2.24) is 15.1 Å². The summed E-state index contributed by atoms with van der Waals surface area (Å²) in [5.74, 6) is 0.259. The van der Waals surface area contributed by atoms with Crippen LogP contribution in [0.25, 0.3) is 0 Å². The Bertz CT molecular complexity index is 266. The highest BCUT2D eigenvalue weighted by Gasteiger charge is 2.20. The number of carbonyl (C=O) groups excluding carboxylic acids is 1. The summed E-state index contributed by atoms with van der Waals surface area (Å²) >= 11 is 0. The van der Waals surface area contributed by atoms with Gasteiger partial charge in [-0.3, -0.25) is 4.79 Å². The molecule has 0 aromatic heterocycles. The lowest BCUT2D eigenvalue weighted by Gasteiger charge is -2.35. The summed E-state index contributed by atoms with van der Waals surface area (Å²) in [6.45, 7) is 5.32. The minimum absolute atomic E-state index is 0. The highest BCUT2D eigenvalue weighted by molar-refractivity contribution is 5.81. The number of ketones is 1. The van der Waals surface area contributed by atoms with E-state index in [4.69, 9.17) is 0 Å². The molecular formula is C15H33N3O. The summed E-state index contributed by atoms with van der Waals surface area (Å²) in [4.78, 5) is 16.2. The van der Waals surface area contributed by atoms with E-state index >= 15 is 0 Å². The molecule has 114 valence electrons. The molecule has 0 amide bonds. The zero-order chi connectivity index (χ0) is 14.3. The van der Waals surface area contributed by atoms with E-state index in [0.29, 0.717) is 0 Å². The smallest absolute Gasteiger partial charge is 0.146 e. The van der Waals surface area contributed by atoms with E-state index in [1.165, 1.54) is 38.9 Å². The van der Waals surface area contributed by atoms with Crippen LogP contribution >= 0.6 is 0 Å². The summed E-state index contributed by atoms with van der Waals surface area (Å²) < 4.78 is 0. The monoisotopic (exact) mass is 271 g/mol. The minimum Gasteiger partial charge on any atom is -0.311 e. The van der Waals surface area contributed by atoms with E-state index in [2.05, 4.69) is 29.2 Å². The first-order valence-corrected chi connectivity index (χ1v) is 7.61. The third-order valence-electron chi connectivity index (χ3n) is 4.34. The Labute approximate surface area is 120 Å². The van der Waals surface area contributed by atoms with Gasteiger partial charge in [0, 0.05) is 7.47 Å². The lowest BCUT2D eigenvalue weighted by Crippen LogP contribution is -2.42. The molecule has 1 aliphatic rings. The van der Waals surface area contributed by atoms with Crippen molar-refractivity contribution in [2.24, 2.45) is 0 Å². The third-order valence-corrected chi connectivity index (χ3v) is 4.34. The average molecular weight is 271 g/mol. The van der Waals surface area contributed by atoms with Gasteiger partial charge in [-0.15, -0.1) is 0 Å². The van der Waals surface area contributed by atoms with Crippen molar-refractivity contribution in [1.29, 1.82) is 0 Å². The number of carbonyl (C=O) groups is 1. The fraction of sp³-hybridized carbons (Fsp3) is 0.933. The van der Waals surface area contributed by atoms with Crippen molar-refractivity contribution >= 4 is 5.78 Å². The normalized spacial score (nSPS) is 19.8. The van der Waals surface area contributed by atoms with E-state index in [1.807, 2.05) is 7.05 Å². The highest BCUT2D eigenvalue weighted by atomic mass is 16.1. The molecule has 0 bridgehead atoms. The molecule has 1 N–H and O–H groups in total. The van der Waals surface area contributed by atoms with E-state index < -0.39 is 0 Å². The highest BCUT2D eigenvalue weighted by Crippen LogP contribution is 2.15. The maximum atomic E-state index is 11.3. The van der Waals surface area contributed by atoms with Crippen LogP contribution in [0.2, 0.25) is 0 Å². The van der Waals surface area contributed by atoms with Gasteiger partial charge < -0.3 is 15.1 Å². The van der Waals surface area contributed by atoms with Crippen LogP contribution in [0.3, 0.4) is 0 Å². The second-order valence-electron chi connectivity index (χ2n) is 5.98. The van der Waals surface area contributed by atoms with Crippen molar-refractivity contribution in [3.63, 3.8) is 0 Å². The summed E-state index contributed by atoms with van der Waals surface area (Å²) in [6, 6.07) is 0.821. The number of hydrogen-bond acceptors (Lipinski definition) is 4. The molecule has 0 aromatic rings. The number of hydrogen-bond donors (Lipinski definition) is 1. The van der Waals surface area contributed by atoms with Crippen LogP contribution in [-0.4, -0.2) is 68.4 Å². The molecule has 0 radical (unpaired) electrons. The predicted molar refractivity (Wildman–Crippen MR) is 82.6 cm³/mol. The largest absolute Gasteiger partial charge is 0.311 e. The Kier molecular flexibility index (Phi) is 7.57. The molecule has 4 nitrogen and oxygen atoms in total. The lowest BCUT2D eigenvalue weighted by atomic mass is 10.0. The zero-order valence-electron chi connectivity index (χ0n) is 13.1. The predicted octanol–water partition coefficient (Wildman–Crippen LogP) is 1.61. The van der Waals surface area contributed by atoms with E-state index in [0.717, 1.165) is 18.9 Å². The van der Waals surface area contributed by atoms with Gasteiger partial charge in [0.15, 0.2) is 0 Å². The summed E-state index contributed by atoms with van der Waals surface area (Å²) in [5, 5.41) is 3.09. The average Bonchev–Trinajstić information content (AvgIpc) is 2.38. The Balaban J connectivity index is 0.00000361.